The second-order valence-corrected chi connectivity index (χ2v) is 4.41. The van der Waals surface area contributed by atoms with E-state index in [1.165, 1.54) is 19.3 Å². The number of aliphatic hydroxyl groups is 1. The van der Waals surface area contributed by atoms with Crippen molar-refractivity contribution in [3.63, 3.8) is 0 Å². The number of likely N-dealkylation sites (tertiary alicyclic amines) is 1. The highest BCUT2D eigenvalue weighted by atomic mass is 16.5. The lowest BCUT2D eigenvalue weighted by Crippen LogP contribution is -2.37. The van der Waals surface area contributed by atoms with Gasteiger partial charge in [0.05, 0.1) is 13.0 Å². The van der Waals surface area contributed by atoms with Crippen LogP contribution in [-0.4, -0.2) is 46.4 Å². The smallest absolute Gasteiger partial charge is 0.228 e. The molecule has 0 aromatic carbocycles. The Morgan fingerprint density at radius 1 is 1.50 bits per heavy atom. The van der Waals surface area contributed by atoms with Crippen molar-refractivity contribution in [2.45, 2.75) is 38.1 Å². The minimum atomic E-state index is 0.0605. The van der Waals surface area contributed by atoms with E-state index in [4.69, 9.17) is 9.63 Å². The summed E-state index contributed by atoms with van der Waals surface area (Å²) in [5.41, 5.74) is 0. The van der Waals surface area contributed by atoms with E-state index in [2.05, 4.69) is 22.1 Å². The summed E-state index contributed by atoms with van der Waals surface area (Å²) in [6.45, 7) is 1.22. The van der Waals surface area contributed by atoms with Crippen LogP contribution in [-0.2, 0) is 12.8 Å². The summed E-state index contributed by atoms with van der Waals surface area (Å²) in [5.74, 6) is 1.30. The van der Waals surface area contributed by atoms with Crippen molar-refractivity contribution in [1.82, 2.24) is 15.0 Å². The van der Waals surface area contributed by atoms with Gasteiger partial charge in [-0.05, 0) is 26.4 Å². The van der Waals surface area contributed by atoms with E-state index in [0.29, 0.717) is 18.4 Å². The van der Waals surface area contributed by atoms with Crippen LogP contribution in [0.1, 0.15) is 31.0 Å². The fourth-order valence-corrected chi connectivity index (χ4v) is 2.18. The Kier molecular flexibility index (Phi) is 3.90. The summed E-state index contributed by atoms with van der Waals surface area (Å²) in [7, 11) is 2.15. The molecule has 0 saturated carbocycles. The van der Waals surface area contributed by atoms with Crippen LogP contribution in [0.25, 0.3) is 0 Å². The standard InChI is InChI=1S/C11H19N3O2/c1-14-6-3-2-4-9(14)8-10-12-11(5-7-15)16-13-10/h9,15H,2-8H2,1H3. The van der Waals surface area contributed by atoms with Gasteiger partial charge in [-0.1, -0.05) is 11.6 Å². The molecule has 0 aliphatic carbocycles. The molecule has 1 aliphatic heterocycles. The van der Waals surface area contributed by atoms with E-state index in [0.717, 1.165) is 18.8 Å². The monoisotopic (exact) mass is 225 g/mol. The summed E-state index contributed by atoms with van der Waals surface area (Å²) in [6, 6.07) is 0.535. The second kappa shape index (κ2) is 5.41. The van der Waals surface area contributed by atoms with E-state index < -0.39 is 0 Å². The van der Waals surface area contributed by atoms with Gasteiger partial charge < -0.3 is 14.5 Å². The topological polar surface area (TPSA) is 62.4 Å². The average Bonchev–Trinajstić information content (AvgIpc) is 2.70. The predicted molar refractivity (Wildman–Crippen MR) is 59.1 cm³/mol. The zero-order valence-electron chi connectivity index (χ0n) is 9.72. The van der Waals surface area contributed by atoms with Gasteiger partial charge in [0.25, 0.3) is 0 Å². The lowest BCUT2D eigenvalue weighted by Gasteiger charge is -2.31. The number of hydrogen-bond acceptors (Lipinski definition) is 5. The first-order valence-electron chi connectivity index (χ1n) is 5.92. The Bertz CT molecular complexity index is 327. The molecular weight excluding hydrogens is 206 g/mol. The number of hydrogen-bond donors (Lipinski definition) is 1. The lowest BCUT2D eigenvalue weighted by atomic mass is 10.00. The van der Waals surface area contributed by atoms with Crippen molar-refractivity contribution in [3.05, 3.63) is 11.7 Å². The van der Waals surface area contributed by atoms with Crippen LogP contribution in [0.3, 0.4) is 0 Å². The number of nitrogens with zero attached hydrogens (tertiary/aromatic N) is 3. The molecule has 1 fully saturated rings. The van der Waals surface area contributed by atoms with Crippen molar-refractivity contribution in [1.29, 1.82) is 0 Å². The number of likely N-dealkylation sites (N-methyl/N-ethyl adjacent to an activating group) is 1. The van der Waals surface area contributed by atoms with Crippen LogP contribution < -0.4 is 0 Å². The third kappa shape index (κ3) is 2.80. The second-order valence-electron chi connectivity index (χ2n) is 4.41. The molecule has 1 aliphatic rings. The Hall–Kier alpha value is -0.940. The Morgan fingerprint density at radius 2 is 2.38 bits per heavy atom. The third-order valence-corrected chi connectivity index (χ3v) is 3.18. The predicted octanol–water partition coefficient (Wildman–Crippen LogP) is 0.631. The summed E-state index contributed by atoms with van der Waals surface area (Å²) in [5, 5.41) is 12.7. The molecule has 5 nitrogen and oxygen atoms in total. The zero-order valence-corrected chi connectivity index (χ0v) is 9.72. The fourth-order valence-electron chi connectivity index (χ4n) is 2.18. The first-order valence-corrected chi connectivity index (χ1v) is 5.92. The molecule has 1 saturated heterocycles. The molecule has 0 bridgehead atoms. The van der Waals surface area contributed by atoms with E-state index in [1.807, 2.05) is 0 Å². The SMILES string of the molecule is CN1CCCCC1Cc1noc(CCO)n1. The van der Waals surface area contributed by atoms with Crippen LogP contribution >= 0.6 is 0 Å². The first kappa shape index (κ1) is 11.5. The minimum absolute atomic E-state index is 0.0605. The molecule has 16 heavy (non-hydrogen) atoms. The van der Waals surface area contributed by atoms with Gasteiger partial charge in [-0.3, -0.25) is 0 Å². The fraction of sp³-hybridized carbons (Fsp3) is 0.818. The van der Waals surface area contributed by atoms with Gasteiger partial charge in [0.2, 0.25) is 5.89 Å². The molecule has 1 aromatic rings. The molecule has 1 aromatic heterocycles. The number of rotatable bonds is 4. The van der Waals surface area contributed by atoms with E-state index in [-0.39, 0.29) is 6.61 Å². The zero-order chi connectivity index (χ0) is 11.4. The molecule has 2 heterocycles. The van der Waals surface area contributed by atoms with Crippen LogP contribution in [0.5, 0.6) is 0 Å². The molecule has 2 rings (SSSR count). The van der Waals surface area contributed by atoms with Gasteiger partial charge in [-0.2, -0.15) is 4.98 Å². The van der Waals surface area contributed by atoms with Crippen LogP contribution in [0.2, 0.25) is 0 Å². The minimum Gasteiger partial charge on any atom is -0.396 e. The first-order chi connectivity index (χ1) is 7.79. The van der Waals surface area contributed by atoms with Crippen molar-refractivity contribution < 1.29 is 9.63 Å². The third-order valence-electron chi connectivity index (χ3n) is 3.18. The highest BCUT2D eigenvalue weighted by molar-refractivity contribution is 4.91. The Labute approximate surface area is 95.4 Å². The maximum Gasteiger partial charge on any atom is 0.228 e. The molecule has 1 atom stereocenters. The van der Waals surface area contributed by atoms with E-state index in [9.17, 15) is 0 Å². The summed E-state index contributed by atoms with van der Waals surface area (Å²) in [4.78, 5) is 6.63. The van der Waals surface area contributed by atoms with Crippen LogP contribution in [0.15, 0.2) is 4.52 Å². The molecule has 0 amide bonds. The van der Waals surface area contributed by atoms with Gasteiger partial charge in [0, 0.05) is 12.5 Å². The molecule has 1 N–H and O–H groups in total. The van der Waals surface area contributed by atoms with Gasteiger partial charge in [0.1, 0.15) is 0 Å². The lowest BCUT2D eigenvalue weighted by molar-refractivity contribution is 0.181. The van der Waals surface area contributed by atoms with Crippen LogP contribution in [0, 0.1) is 0 Å². The van der Waals surface area contributed by atoms with Gasteiger partial charge in [-0.15, -0.1) is 0 Å². The van der Waals surface area contributed by atoms with Crippen molar-refractivity contribution in [2.24, 2.45) is 0 Å². The molecular formula is C11H19N3O2. The van der Waals surface area contributed by atoms with Crippen molar-refractivity contribution in [3.8, 4) is 0 Å². The van der Waals surface area contributed by atoms with Gasteiger partial charge in [-0.25, -0.2) is 0 Å². The maximum absolute atomic E-state index is 8.76. The molecule has 0 spiro atoms. The molecule has 5 heteroatoms. The normalized spacial score (nSPS) is 22.5. The summed E-state index contributed by atoms with van der Waals surface area (Å²) >= 11 is 0. The van der Waals surface area contributed by atoms with Gasteiger partial charge in [0.15, 0.2) is 5.82 Å². The number of aliphatic hydroxyl groups excluding tert-OH is 1. The summed E-state index contributed by atoms with van der Waals surface area (Å²) in [6.07, 6.45) is 5.09. The largest absolute Gasteiger partial charge is 0.396 e. The quantitative estimate of drug-likeness (QED) is 0.814. The van der Waals surface area contributed by atoms with Crippen molar-refractivity contribution in [2.75, 3.05) is 20.2 Å². The van der Waals surface area contributed by atoms with E-state index in [1.54, 1.807) is 0 Å². The highest BCUT2D eigenvalue weighted by Gasteiger charge is 2.21. The number of piperidine rings is 1. The van der Waals surface area contributed by atoms with Crippen molar-refractivity contribution >= 4 is 0 Å². The highest BCUT2D eigenvalue weighted by Crippen LogP contribution is 2.17. The molecule has 1 unspecified atom stereocenters. The van der Waals surface area contributed by atoms with Crippen LogP contribution in [0.4, 0.5) is 0 Å². The molecule has 90 valence electrons. The maximum atomic E-state index is 8.76. The Morgan fingerprint density at radius 3 is 3.12 bits per heavy atom. The Balaban J connectivity index is 1.91. The van der Waals surface area contributed by atoms with Gasteiger partial charge >= 0.3 is 0 Å². The average molecular weight is 225 g/mol. The van der Waals surface area contributed by atoms with E-state index >= 15 is 0 Å². The summed E-state index contributed by atoms with van der Waals surface area (Å²) < 4.78 is 5.04. The molecule has 0 radical (unpaired) electrons. The number of aromatic nitrogens is 2.